The van der Waals surface area contributed by atoms with Gasteiger partial charge in [-0.2, -0.15) is 18.7 Å². The number of halogens is 3. The van der Waals surface area contributed by atoms with Crippen LogP contribution in [0.4, 0.5) is 18.9 Å². The van der Waals surface area contributed by atoms with Crippen LogP contribution in [0.3, 0.4) is 0 Å². The molecular formula is C30H34F3N5O3. The molecule has 3 aromatic rings. The molecule has 0 radical (unpaired) electrons. The third-order valence-electron chi connectivity index (χ3n) is 9.44. The van der Waals surface area contributed by atoms with Crippen LogP contribution in [0.1, 0.15) is 95.7 Å². The highest BCUT2D eigenvalue weighted by molar-refractivity contribution is 5.94. The predicted octanol–water partition coefficient (Wildman–Crippen LogP) is 7.17. The molecule has 7 rings (SSSR count). The molecule has 0 unspecified atom stereocenters. The molecule has 4 aliphatic carbocycles. The Morgan fingerprint density at radius 2 is 1.73 bits per heavy atom. The van der Waals surface area contributed by atoms with E-state index < -0.39 is 23.1 Å². The van der Waals surface area contributed by atoms with Gasteiger partial charge in [-0.1, -0.05) is 35.9 Å². The van der Waals surface area contributed by atoms with Crippen molar-refractivity contribution in [3.63, 3.8) is 0 Å². The fourth-order valence-electron chi connectivity index (χ4n) is 6.29. The molecule has 4 aliphatic rings. The monoisotopic (exact) mass is 569 g/mol. The summed E-state index contributed by atoms with van der Waals surface area (Å²) in [4.78, 5) is 24.0. The largest absolute Gasteiger partial charge is 0.338 e. The van der Waals surface area contributed by atoms with Gasteiger partial charge in [-0.25, -0.2) is 4.39 Å². The number of rotatable bonds is 10. The maximum absolute atomic E-state index is 13.7. The van der Waals surface area contributed by atoms with Crippen molar-refractivity contribution in [1.29, 1.82) is 0 Å². The second-order valence-corrected chi connectivity index (χ2v) is 12.6. The first-order valence-electron chi connectivity index (χ1n) is 14.2. The zero-order valence-corrected chi connectivity index (χ0v) is 23.4. The molecule has 1 amide bonds. The summed E-state index contributed by atoms with van der Waals surface area (Å²) in [5, 5.41) is 8.13. The van der Waals surface area contributed by atoms with E-state index in [1.165, 1.54) is 0 Å². The summed E-state index contributed by atoms with van der Waals surface area (Å²) in [7, 11) is 0. The molecule has 0 saturated heterocycles. The fraction of sp³-hybridized carbons (Fsp3) is 0.567. The van der Waals surface area contributed by atoms with Crippen LogP contribution in [0.15, 0.2) is 45.7 Å². The Bertz CT molecular complexity index is 1450. The minimum Gasteiger partial charge on any atom is -0.338 e. The van der Waals surface area contributed by atoms with E-state index >= 15 is 0 Å². The summed E-state index contributed by atoms with van der Waals surface area (Å²) < 4.78 is 51.5. The minimum absolute atomic E-state index is 0.00115. The number of nitrogens with zero attached hydrogens (tertiary/aromatic N) is 5. The van der Waals surface area contributed by atoms with Crippen LogP contribution in [-0.2, 0) is 21.5 Å². The van der Waals surface area contributed by atoms with Crippen LogP contribution >= 0.6 is 0 Å². The first-order valence-corrected chi connectivity index (χ1v) is 14.2. The van der Waals surface area contributed by atoms with Gasteiger partial charge in [0.15, 0.2) is 5.82 Å². The maximum Gasteiger partial charge on any atom is 0.322 e. The highest BCUT2D eigenvalue weighted by atomic mass is 19.3. The molecule has 2 aromatic heterocycles. The second-order valence-electron chi connectivity index (χ2n) is 12.6. The quantitative estimate of drug-likeness (QED) is 0.255. The Morgan fingerprint density at radius 3 is 2.34 bits per heavy atom. The van der Waals surface area contributed by atoms with E-state index in [1.54, 1.807) is 4.90 Å². The lowest BCUT2D eigenvalue weighted by Gasteiger charge is -2.53. The first-order chi connectivity index (χ1) is 19.4. The van der Waals surface area contributed by atoms with Crippen LogP contribution < -0.4 is 4.90 Å². The van der Waals surface area contributed by atoms with E-state index in [9.17, 15) is 18.0 Å². The number of amides is 1. The molecule has 4 fully saturated rings. The van der Waals surface area contributed by atoms with Crippen molar-refractivity contribution in [1.82, 2.24) is 20.3 Å². The third-order valence-corrected chi connectivity index (χ3v) is 9.44. The smallest absolute Gasteiger partial charge is 0.322 e. The van der Waals surface area contributed by atoms with Gasteiger partial charge >= 0.3 is 5.92 Å². The van der Waals surface area contributed by atoms with E-state index in [2.05, 4.69) is 33.8 Å². The Labute approximate surface area is 236 Å². The van der Waals surface area contributed by atoms with E-state index in [0.717, 1.165) is 63.9 Å². The van der Waals surface area contributed by atoms with Gasteiger partial charge in [0.1, 0.15) is 0 Å². The number of carbonyl (C=O) groups excluding carboxylic acids is 1. The topological polar surface area (TPSA) is 98.2 Å². The molecule has 2 heterocycles. The Morgan fingerprint density at radius 1 is 1.02 bits per heavy atom. The minimum atomic E-state index is -3.19. The molecule has 218 valence electrons. The maximum atomic E-state index is 13.7. The summed E-state index contributed by atoms with van der Waals surface area (Å²) in [6, 6.07) is 7.49. The number of alkyl halides is 2. The Kier molecular flexibility index (Phi) is 6.61. The van der Waals surface area contributed by atoms with Crippen LogP contribution in [0.5, 0.6) is 0 Å². The van der Waals surface area contributed by atoms with Crippen molar-refractivity contribution in [3.05, 3.63) is 54.3 Å². The summed E-state index contributed by atoms with van der Waals surface area (Å²) >= 11 is 0. The molecule has 2 bridgehead atoms. The highest BCUT2D eigenvalue weighted by Gasteiger charge is 2.53. The average molecular weight is 570 g/mol. The summed E-state index contributed by atoms with van der Waals surface area (Å²) in [6.07, 6.45) is 6.49. The van der Waals surface area contributed by atoms with Gasteiger partial charge in [0.2, 0.25) is 17.6 Å². The first kappa shape index (κ1) is 27.7. The number of aromatic nitrogens is 4. The molecule has 8 nitrogen and oxygen atoms in total. The lowest BCUT2D eigenvalue weighted by atomic mass is 9.53. The van der Waals surface area contributed by atoms with Crippen LogP contribution in [0, 0.1) is 5.41 Å². The van der Waals surface area contributed by atoms with Gasteiger partial charge in [-0.05, 0) is 68.9 Å². The fourth-order valence-corrected chi connectivity index (χ4v) is 6.29. The van der Waals surface area contributed by atoms with Gasteiger partial charge in [0.25, 0.3) is 5.89 Å². The number of allylic oxidation sites excluding steroid dienone is 1. The van der Waals surface area contributed by atoms with Gasteiger partial charge < -0.3 is 13.9 Å². The summed E-state index contributed by atoms with van der Waals surface area (Å²) in [6.45, 7) is 6.62. The number of hydrogen-bond acceptors (Lipinski definition) is 7. The van der Waals surface area contributed by atoms with Crippen LogP contribution in [0.2, 0.25) is 0 Å². The Balaban J connectivity index is 1.24. The molecule has 41 heavy (non-hydrogen) atoms. The van der Waals surface area contributed by atoms with Gasteiger partial charge in [0.05, 0.1) is 5.83 Å². The molecule has 11 heteroatoms. The highest BCUT2D eigenvalue weighted by Crippen LogP contribution is 2.58. The Hall–Kier alpha value is -3.50. The second kappa shape index (κ2) is 9.80. The van der Waals surface area contributed by atoms with E-state index in [0.29, 0.717) is 29.8 Å². The predicted molar refractivity (Wildman–Crippen MR) is 144 cm³/mol. The molecule has 4 saturated carbocycles. The van der Waals surface area contributed by atoms with Gasteiger partial charge in [-0.3, -0.25) is 4.79 Å². The lowest BCUT2D eigenvalue weighted by molar-refractivity contribution is -0.119. The number of fused-ring (bicyclic) bond motifs is 3. The number of benzene rings is 1. The number of hydrogen-bond donors (Lipinski definition) is 0. The lowest BCUT2D eigenvalue weighted by Crippen LogP contribution is -2.51. The van der Waals surface area contributed by atoms with E-state index in [-0.39, 0.29) is 29.6 Å². The number of anilines is 1. The SMILES string of the molecule is C=C(F)CCC(=O)N(CC12CCC(c3noc(C(C)(F)F)n3)(CC1)CC2)c1cccc(-c2noc(C3(C)CC3)n2)c1. The molecule has 0 atom stereocenters. The van der Waals surface area contributed by atoms with Crippen LogP contribution in [0.25, 0.3) is 11.4 Å². The van der Waals surface area contributed by atoms with Crippen molar-refractivity contribution < 1.29 is 27.0 Å². The zero-order chi connectivity index (χ0) is 29.0. The summed E-state index contributed by atoms with van der Waals surface area (Å²) in [5.74, 6) is -3.13. The molecule has 0 N–H and O–H groups in total. The van der Waals surface area contributed by atoms with Crippen molar-refractivity contribution in [2.24, 2.45) is 5.41 Å². The van der Waals surface area contributed by atoms with Crippen LogP contribution in [-0.4, -0.2) is 32.7 Å². The molecule has 0 spiro atoms. The molecular weight excluding hydrogens is 535 g/mol. The van der Waals surface area contributed by atoms with Gasteiger partial charge in [-0.15, -0.1) is 0 Å². The zero-order valence-electron chi connectivity index (χ0n) is 23.4. The number of carbonyl (C=O) groups is 1. The van der Waals surface area contributed by atoms with Gasteiger partial charge in [0, 0.05) is 48.4 Å². The van der Waals surface area contributed by atoms with E-state index in [4.69, 9.17) is 9.05 Å². The standard InChI is InChI=1S/C30H34F3N5O3/c1-19(31)7-8-22(39)38(21-6-4-5-20(17-21)23-34-25(40-36-23)27(2)9-10-27)18-29-11-14-30(15-12-29,16-13-29)24-35-26(41-37-24)28(3,32)33/h4-6,17H,1,7-16,18H2,2-3H3. The van der Waals surface area contributed by atoms with Crippen molar-refractivity contribution in [3.8, 4) is 11.4 Å². The third kappa shape index (κ3) is 5.30. The molecule has 1 aromatic carbocycles. The van der Waals surface area contributed by atoms with E-state index in [1.807, 2.05) is 24.3 Å². The molecule has 0 aliphatic heterocycles. The van der Waals surface area contributed by atoms with Crippen molar-refractivity contribution in [2.75, 3.05) is 11.4 Å². The van der Waals surface area contributed by atoms with Crippen molar-refractivity contribution >= 4 is 11.6 Å². The average Bonchev–Trinajstić information content (AvgIpc) is 3.35. The van der Waals surface area contributed by atoms with Crippen molar-refractivity contribution in [2.45, 2.75) is 94.8 Å². The normalized spacial score (nSPS) is 24.8. The summed E-state index contributed by atoms with van der Waals surface area (Å²) in [5.41, 5.74) is 0.798.